The SMILES string of the molecule is Cc1cc(CO)cnc1-n1ccc(C(N)=O)n1. The Morgan fingerprint density at radius 2 is 2.35 bits per heavy atom. The summed E-state index contributed by atoms with van der Waals surface area (Å²) < 4.78 is 1.48. The number of rotatable bonds is 3. The molecule has 2 heterocycles. The topological polar surface area (TPSA) is 94.0 Å². The van der Waals surface area contributed by atoms with Gasteiger partial charge >= 0.3 is 0 Å². The van der Waals surface area contributed by atoms with E-state index in [0.29, 0.717) is 5.82 Å². The van der Waals surface area contributed by atoms with Crippen LogP contribution in [0.5, 0.6) is 0 Å². The number of hydrogen-bond acceptors (Lipinski definition) is 4. The molecule has 88 valence electrons. The Morgan fingerprint density at radius 1 is 1.59 bits per heavy atom. The first-order valence-corrected chi connectivity index (χ1v) is 5.04. The van der Waals surface area contributed by atoms with Gasteiger partial charge in [0, 0.05) is 12.4 Å². The van der Waals surface area contributed by atoms with Crippen molar-refractivity contribution in [1.82, 2.24) is 14.8 Å². The summed E-state index contributed by atoms with van der Waals surface area (Å²) in [6.07, 6.45) is 3.18. The molecule has 2 aromatic heterocycles. The highest BCUT2D eigenvalue weighted by Crippen LogP contribution is 2.12. The number of aryl methyl sites for hydroxylation is 1. The van der Waals surface area contributed by atoms with Crippen LogP contribution in [0.2, 0.25) is 0 Å². The van der Waals surface area contributed by atoms with E-state index in [1.807, 2.05) is 13.0 Å². The number of pyridine rings is 1. The third kappa shape index (κ3) is 2.16. The fraction of sp³-hybridized carbons (Fsp3) is 0.182. The number of carbonyl (C=O) groups is 1. The number of aliphatic hydroxyl groups excluding tert-OH is 1. The van der Waals surface area contributed by atoms with Gasteiger partial charge in [0.2, 0.25) is 0 Å². The molecule has 0 atom stereocenters. The van der Waals surface area contributed by atoms with E-state index in [-0.39, 0.29) is 12.3 Å². The highest BCUT2D eigenvalue weighted by molar-refractivity contribution is 5.90. The maximum Gasteiger partial charge on any atom is 0.269 e. The van der Waals surface area contributed by atoms with Crippen molar-refractivity contribution in [2.45, 2.75) is 13.5 Å². The number of primary amides is 1. The Labute approximate surface area is 97.7 Å². The molecule has 2 aromatic rings. The van der Waals surface area contributed by atoms with Gasteiger partial charge in [-0.15, -0.1) is 0 Å². The van der Waals surface area contributed by atoms with Gasteiger partial charge in [-0.3, -0.25) is 4.79 Å². The lowest BCUT2D eigenvalue weighted by atomic mass is 10.2. The predicted octanol–water partition coefficient (Wildman–Crippen LogP) is 0.167. The second kappa shape index (κ2) is 4.34. The lowest BCUT2D eigenvalue weighted by Gasteiger charge is -2.05. The van der Waals surface area contributed by atoms with Crippen LogP contribution >= 0.6 is 0 Å². The van der Waals surface area contributed by atoms with Crippen LogP contribution < -0.4 is 5.73 Å². The van der Waals surface area contributed by atoms with Crippen LogP contribution in [-0.4, -0.2) is 25.8 Å². The molecule has 0 bridgehead atoms. The molecule has 17 heavy (non-hydrogen) atoms. The maximum atomic E-state index is 10.9. The molecular formula is C11H12N4O2. The zero-order valence-electron chi connectivity index (χ0n) is 9.29. The Balaban J connectivity index is 2.42. The second-order valence-electron chi connectivity index (χ2n) is 3.65. The van der Waals surface area contributed by atoms with Crippen LogP contribution in [0.3, 0.4) is 0 Å². The van der Waals surface area contributed by atoms with Crippen molar-refractivity contribution in [2.24, 2.45) is 5.73 Å². The molecule has 1 amide bonds. The van der Waals surface area contributed by atoms with Crippen molar-refractivity contribution in [3.8, 4) is 5.82 Å². The maximum absolute atomic E-state index is 10.9. The quantitative estimate of drug-likeness (QED) is 0.788. The molecule has 0 aliphatic rings. The Bertz CT molecular complexity index is 562. The van der Waals surface area contributed by atoms with Gasteiger partial charge in [-0.1, -0.05) is 0 Å². The number of aliphatic hydroxyl groups is 1. The van der Waals surface area contributed by atoms with Gasteiger partial charge in [-0.05, 0) is 30.2 Å². The van der Waals surface area contributed by atoms with Gasteiger partial charge in [-0.2, -0.15) is 5.10 Å². The molecule has 2 rings (SSSR count). The molecular weight excluding hydrogens is 220 g/mol. The van der Waals surface area contributed by atoms with Crippen LogP contribution in [0, 0.1) is 6.92 Å². The predicted molar refractivity (Wildman–Crippen MR) is 60.5 cm³/mol. The summed E-state index contributed by atoms with van der Waals surface area (Å²) in [6, 6.07) is 3.34. The third-order valence-corrected chi connectivity index (χ3v) is 2.35. The molecule has 0 saturated heterocycles. The molecule has 3 N–H and O–H groups in total. The van der Waals surface area contributed by atoms with Gasteiger partial charge in [-0.25, -0.2) is 9.67 Å². The van der Waals surface area contributed by atoms with Gasteiger partial charge in [0.05, 0.1) is 6.61 Å². The van der Waals surface area contributed by atoms with Crippen molar-refractivity contribution in [1.29, 1.82) is 0 Å². The summed E-state index contributed by atoms with van der Waals surface area (Å²) in [5, 5.41) is 13.0. The van der Waals surface area contributed by atoms with Gasteiger partial charge in [0.25, 0.3) is 5.91 Å². The number of nitrogens with two attached hydrogens (primary N) is 1. The molecule has 0 aromatic carbocycles. The largest absolute Gasteiger partial charge is 0.392 e. The van der Waals surface area contributed by atoms with Crippen LogP contribution in [0.25, 0.3) is 5.82 Å². The highest BCUT2D eigenvalue weighted by atomic mass is 16.3. The fourth-order valence-corrected chi connectivity index (χ4v) is 1.53. The van der Waals surface area contributed by atoms with E-state index in [9.17, 15) is 4.79 Å². The van der Waals surface area contributed by atoms with E-state index < -0.39 is 5.91 Å². The van der Waals surface area contributed by atoms with Crippen molar-refractivity contribution in [2.75, 3.05) is 0 Å². The first-order valence-electron chi connectivity index (χ1n) is 5.04. The standard InChI is InChI=1S/C11H12N4O2/c1-7-4-8(6-16)5-13-11(7)15-3-2-9(14-15)10(12)17/h2-5,16H,6H2,1H3,(H2,12,17). The molecule has 0 fully saturated rings. The molecule has 6 heteroatoms. The minimum absolute atomic E-state index is 0.0558. The summed E-state index contributed by atoms with van der Waals surface area (Å²) in [5.74, 6) is 0.0306. The molecule has 0 saturated carbocycles. The summed E-state index contributed by atoms with van der Waals surface area (Å²) in [5.41, 5.74) is 6.90. The lowest BCUT2D eigenvalue weighted by molar-refractivity contribution is 0.0995. The summed E-state index contributed by atoms with van der Waals surface area (Å²) in [7, 11) is 0. The average molecular weight is 232 g/mol. The zero-order valence-corrected chi connectivity index (χ0v) is 9.29. The van der Waals surface area contributed by atoms with E-state index in [1.54, 1.807) is 12.4 Å². The minimum atomic E-state index is -0.576. The van der Waals surface area contributed by atoms with Crippen LogP contribution in [0.4, 0.5) is 0 Å². The van der Waals surface area contributed by atoms with Gasteiger partial charge in [0.1, 0.15) is 5.69 Å². The van der Waals surface area contributed by atoms with Crippen molar-refractivity contribution in [3.05, 3.63) is 41.3 Å². The number of amides is 1. The normalized spacial score (nSPS) is 10.5. The van der Waals surface area contributed by atoms with E-state index in [0.717, 1.165) is 11.1 Å². The molecule has 0 unspecified atom stereocenters. The molecule has 0 aliphatic heterocycles. The summed E-state index contributed by atoms with van der Waals surface area (Å²) in [4.78, 5) is 15.1. The molecule has 6 nitrogen and oxygen atoms in total. The third-order valence-electron chi connectivity index (χ3n) is 2.35. The number of aromatic nitrogens is 3. The highest BCUT2D eigenvalue weighted by Gasteiger charge is 2.09. The number of nitrogens with zero attached hydrogens (tertiary/aromatic N) is 3. The monoisotopic (exact) mass is 232 g/mol. The molecule has 0 spiro atoms. The van der Waals surface area contributed by atoms with Crippen LogP contribution in [0.15, 0.2) is 24.5 Å². The summed E-state index contributed by atoms with van der Waals surface area (Å²) >= 11 is 0. The van der Waals surface area contributed by atoms with Crippen LogP contribution in [0.1, 0.15) is 21.6 Å². The van der Waals surface area contributed by atoms with E-state index in [4.69, 9.17) is 10.8 Å². The smallest absolute Gasteiger partial charge is 0.269 e. The first kappa shape index (κ1) is 11.3. The Hall–Kier alpha value is -2.21. The van der Waals surface area contributed by atoms with Crippen LogP contribution in [-0.2, 0) is 6.61 Å². The Kier molecular flexibility index (Phi) is 2.88. The fourth-order valence-electron chi connectivity index (χ4n) is 1.53. The summed E-state index contributed by atoms with van der Waals surface area (Å²) in [6.45, 7) is 1.80. The zero-order chi connectivity index (χ0) is 12.4. The lowest BCUT2D eigenvalue weighted by Crippen LogP contribution is -2.12. The number of hydrogen-bond donors (Lipinski definition) is 2. The minimum Gasteiger partial charge on any atom is -0.392 e. The average Bonchev–Trinajstić information content (AvgIpc) is 2.78. The van der Waals surface area contributed by atoms with Crippen molar-refractivity contribution in [3.63, 3.8) is 0 Å². The first-order chi connectivity index (χ1) is 8.11. The van der Waals surface area contributed by atoms with Crippen molar-refractivity contribution >= 4 is 5.91 Å². The van der Waals surface area contributed by atoms with Gasteiger partial charge < -0.3 is 10.8 Å². The van der Waals surface area contributed by atoms with Crippen molar-refractivity contribution < 1.29 is 9.90 Å². The molecule has 0 radical (unpaired) electrons. The number of carbonyl (C=O) groups excluding carboxylic acids is 1. The van der Waals surface area contributed by atoms with E-state index in [1.165, 1.54) is 10.7 Å². The Morgan fingerprint density at radius 3 is 2.88 bits per heavy atom. The van der Waals surface area contributed by atoms with E-state index in [2.05, 4.69) is 10.1 Å². The van der Waals surface area contributed by atoms with Gasteiger partial charge in [0.15, 0.2) is 5.82 Å². The second-order valence-corrected chi connectivity index (χ2v) is 3.65. The van der Waals surface area contributed by atoms with E-state index >= 15 is 0 Å². The molecule has 0 aliphatic carbocycles.